The Bertz CT molecular complexity index is 490. The Balaban J connectivity index is 2.69. The Labute approximate surface area is 97.6 Å². The summed E-state index contributed by atoms with van der Waals surface area (Å²) in [6, 6.07) is 4.42. The fourth-order valence-corrected chi connectivity index (χ4v) is 2.12. The lowest BCUT2D eigenvalue weighted by Gasteiger charge is -2.08. The van der Waals surface area contributed by atoms with E-state index in [0.717, 1.165) is 15.9 Å². The summed E-state index contributed by atoms with van der Waals surface area (Å²) >= 11 is 3.48. The highest BCUT2D eigenvalue weighted by molar-refractivity contribution is 9.10. The SMILES string of the molecule is CNC(C)c1nc(Br)c2ccc(C)cn12. The number of fused-ring (bicyclic) bond motifs is 1. The zero-order chi connectivity index (χ0) is 11.0. The summed E-state index contributed by atoms with van der Waals surface area (Å²) in [7, 11) is 1.94. The fraction of sp³-hybridized carbons (Fsp3) is 0.364. The number of hydrogen-bond donors (Lipinski definition) is 1. The molecule has 0 amide bonds. The number of nitrogens with one attached hydrogen (secondary N) is 1. The van der Waals surface area contributed by atoms with E-state index in [1.54, 1.807) is 0 Å². The average molecular weight is 268 g/mol. The van der Waals surface area contributed by atoms with Crippen LogP contribution in [0.5, 0.6) is 0 Å². The van der Waals surface area contributed by atoms with Crippen LogP contribution in [-0.4, -0.2) is 16.4 Å². The Kier molecular flexibility index (Phi) is 2.80. The van der Waals surface area contributed by atoms with Crippen molar-refractivity contribution in [2.24, 2.45) is 0 Å². The minimum absolute atomic E-state index is 0.241. The first-order chi connectivity index (χ1) is 7.13. The topological polar surface area (TPSA) is 29.3 Å². The minimum atomic E-state index is 0.241. The lowest BCUT2D eigenvalue weighted by atomic mass is 10.3. The number of nitrogens with zero attached hydrogens (tertiary/aromatic N) is 2. The highest BCUT2D eigenvalue weighted by atomic mass is 79.9. The van der Waals surface area contributed by atoms with Crippen molar-refractivity contribution in [1.82, 2.24) is 14.7 Å². The van der Waals surface area contributed by atoms with Gasteiger partial charge in [0.2, 0.25) is 0 Å². The van der Waals surface area contributed by atoms with Gasteiger partial charge in [0.1, 0.15) is 10.4 Å². The third kappa shape index (κ3) is 1.79. The van der Waals surface area contributed by atoms with Gasteiger partial charge in [-0.1, -0.05) is 6.07 Å². The third-order valence-electron chi connectivity index (χ3n) is 2.59. The molecule has 0 spiro atoms. The molecule has 1 atom stereocenters. The highest BCUT2D eigenvalue weighted by Gasteiger charge is 2.13. The molecule has 80 valence electrons. The molecule has 0 fully saturated rings. The first-order valence-electron chi connectivity index (χ1n) is 4.95. The molecule has 4 heteroatoms. The first kappa shape index (κ1) is 10.6. The summed E-state index contributed by atoms with van der Waals surface area (Å²) < 4.78 is 3.03. The molecule has 0 saturated carbocycles. The van der Waals surface area contributed by atoms with Crippen molar-refractivity contribution in [2.45, 2.75) is 19.9 Å². The van der Waals surface area contributed by atoms with E-state index in [9.17, 15) is 0 Å². The van der Waals surface area contributed by atoms with E-state index in [1.165, 1.54) is 5.56 Å². The molecule has 2 aromatic heterocycles. The Morgan fingerprint density at radius 3 is 2.87 bits per heavy atom. The molecule has 3 nitrogen and oxygen atoms in total. The van der Waals surface area contributed by atoms with Gasteiger partial charge in [0.15, 0.2) is 0 Å². The lowest BCUT2D eigenvalue weighted by molar-refractivity contribution is 0.607. The van der Waals surface area contributed by atoms with Gasteiger partial charge in [0.25, 0.3) is 0 Å². The maximum Gasteiger partial charge on any atom is 0.132 e. The number of aromatic nitrogens is 2. The molecular formula is C11H14BrN3. The molecule has 1 unspecified atom stereocenters. The standard InChI is InChI=1S/C11H14BrN3/c1-7-4-5-9-10(12)14-11(8(2)13-3)15(9)6-7/h4-6,8,13H,1-3H3. The van der Waals surface area contributed by atoms with Crippen LogP contribution >= 0.6 is 15.9 Å². The quantitative estimate of drug-likeness (QED) is 0.907. The molecule has 0 aliphatic heterocycles. The molecule has 15 heavy (non-hydrogen) atoms. The zero-order valence-electron chi connectivity index (χ0n) is 9.08. The smallest absolute Gasteiger partial charge is 0.132 e. The molecular weight excluding hydrogens is 254 g/mol. The summed E-state index contributed by atoms with van der Waals surface area (Å²) in [4.78, 5) is 4.52. The molecule has 0 aliphatic carbocycles. The number of hydrogen-bond acceptors (Lipinski definition) is 2. The summed E-state index contributed by atoms with van der Waals surface area (Å²) in [5, 5.41) is 3.20. The van der Waals surface area contributed by atoms with Crippen LogP contribution in [0.2, 0.25) is 0 Å². The predicted octanol–water partition coefficient (Wildman–Crippen LogP) is 2.69. The zero-order valence-corrected chi connectivity index (χ0v) is 10.7. The Morgan fingerprint density at radius 1 is 1.47 bits per heavy atom. The van der Waals surface area contributed by atoms with Crippen LogP contribution in [0.25, 0.3) is 5.52 Å². The molecule has 0 saturated heterocycles. The normalized spacial score (nSPS) is 13.3. The van der Waals surface area contributed by atoms with E-state index in [2.05, 4.69) is 62.8 Å². The van der Waals surface area contributed by atoms with Crippen LogP contribution in [0.1, 0.15) is 24.4 Å². The summed E-state index contributed by atoms with van der Waals surface area (Å²) in [5.41, 5.74) is 2.34. The monoisotopic (exact) mass is 267 g/mol. The molecule has 2 heterocycles. The maximum atomic E-state index is 4.52. The number of pyridine rings is 1. The van der Waals surface area contributed by atoms with Crippen molar-refractivity contribution in [1.29, 1.82) is 0 Å². The second kappa shape index (κ2) is 3.94. The van der Waals surface area contributed by atoms with E-state index in [1.807, 2.05) is 7.05 Å². The number of rotatable bonds is 2. The van der Waals surface area contributed by atoms with Crippen LogP contribution in [0.3, 0.4) is 0 Å². The van der Waals surface area contributed by atoms with Crippen LogP contribution in [0.15, 0.2) is 22.9 Å². The van der Waals surface area contributed by atoms with Crippen LogP contribution in [-0.2, 0) is 0 Å². The van der Waals surface area contributed by atoms with E-state index >= 15 is 0 Å². The van der Waals surface area contributed by atoms with Crippen molar-refractivity contribution >= 4 is 21.4 Å². The summed E-state index contributed by atoms with van der Waals surface area (Å²) in [6.45, 7) is 4.19. The third-order valence-corrected chi connectivity index (χ3v) is 3.17. The van der Waals surface area contributed by atoms with Crippen LogP contribution < -0.4 is 5.32 Å². The number of aryl methyl sites for hydroxylation is 1. The Hall–Kier alpha value is -0.870. The van der Waals surface area contributed by atoms with Gasteiger partial charge in [0, 0.05) is 6.20 Å². The second-order valence-corrected chi connectivity index (χ2v) is 4.48. The predicted molar refractivity (Wildman–Crippen MR) is 65.1 cm³/mol. The lowest BCUT2D eigenvalue weighted by Crippen LogP contribution is -2.15. The summed E-state index contributed by atoms with van der Waals surface area (Å²) in [5.74, 6) is 1.03. The number of halogens is 1. The van der Waals surface area contributed by atoms with Gasteiger partial charge in [-0.2, -0.15) is 0 Å². The second-order valence-electron chi connectivity index (χ2n) is 3.73. The molecule has 2 rings (SSSR count). The first-order valence-corrected chi connectivity index (χ1v) is 5.74. The molecule has 0 radical (unpaired) electrons. The van der Waals surface area contributed by atoms with Crippen molar-refractivity contribution in [3.05, 3.63) is 34.3 Å². The van der Waals surface area contributed by atoms with E-state index in [0.29, 0.717) is 0 Å². The molecule has 0 aliphatic rings. The van der Waals surface area contributed by atoms with Gasteiger partial charge in [-0.25, -0.2) is 4.98 Å². The molecule has 0 aromatic carbocycles. The Morgan fingerprint density at radius 2 is 2.20 bits per heavy atom. The van der Waals surface area contributed by atoms with Crippen molar-refractivity contribution < 1.29 is 0 Å². The molecule has 1 N–H and O–H groups in total. The van der Waals surface area contributed by atoms with Crippen LogP contribution in [0, 0.1) is 6.92 Å². The molecule has 2 aromatic rings. The van der Waals surface area contributed by atoms with Gasteiger partial charge < -0.3 is 9.72 Å². The van der Waals surface area contributed by atoms with Crippen molar-refractivity contribution in [3.8, 4) is 0 Å². The van der Waals surface area contributed by atoms with Gasteiger partial charge in [-0.15, -0.1) is 0 Å². The molecule has 0 bridgehead atoms. The van der Waals surface area contributed by atoms with Gasteiger partial charge in [0.05, 0.1) is 11.6 Å². The fourth-order valence-electron chi connectivity index (χ4n) is 1.61. The van der Waals surface area contributed by atoms with E-state index in [-0.39, 0.29) is 6.04 Å². The maximum absolute atomic E-state index is 4.52. The van der Waals surface area contributed by atoms with Gasteiger partial charge in [-0.05, 0) is 48.5 Å². The highest BCUT2D eigenvalue weighted by Crippen LogP contribution is 2.22. The van der Waals surface area contributed by atoms with Crippen molar-refractivity contribution in [3.63, 3.8) is 0 Å². The van der Waals surface area contributed by atoms with E-state index < -0.39 is 0 Å². The number of imidazole rings is 1. The van der Waals surface area contributed by atoms with Gasteiger partial charge in [-0.3, -0.25) is 0 Å². The van der Waals surface area contributed by atoms with Gasteiger partial charge >= 0.3 is 0 Å². The van der Waals surface area contributed by atoms with Crippen LogP contribution in [0.4, 0.5) is 0 Å². The minimum Gasteiger partial charge on any atom is -0.311 e. The average Bonchev–Trinajstić information content (AvgIpc) is 2.54. The van der Waals surface area contributed by atoms with Crippen molar-refractivity contribution in [2.75, 3.05) is 7.05 Å². The summed E-state index contributed by atoms with van der Waals surface area (Å²) in [6.07, 6.45) is 2.11. The largest absolute Gasteiger partial charge is 0.311 e. The van der Waals surface area contributed by atoms with E-state index in [4.69, 9.17) is 0 Å².